The maximum atomic E-state index is 4.41. The van der Waals surface area contributed by atoms with Crippen LogP contribution in [0.25, 0.3) is 16.9 Å². The number of hydrogen-bond donors (Lipinski definition) is 2. The van der Waals surface area contributed by atoms with Gasteiger partial charge >= 0.3 is 0 Å². The Kier molecular flexibility index (Phi) is 3.60. The zero-order chi connectivity index (χ0) is 13.8. The zero-order valence-electron chi connectivity index (χ0n) is 11.4. The van der Waals surface area contributed by atoms with Crippen LogP contribution in [0.15, 0.2) is 48.9 Å². The van der Waals surface area contributed by atoms with E-state index < -0.39 is 0 Å². The van der Waals surface area contributed by atoms with Crippen LogP contribution in [0, 0.1) is 0 Å². The van der Waals surface area contributed by atoms with Gasteiger partial charge in [0, 0.05) is 23.9 Å². The molecule has 0 amide bonds. The average Bonchev–Trinajstić information content (AvgIpc) is 3.14. The quantitative estimate of drug-likeness (QED) is 0.746. The topological polar surface area (TPSA) is 58.5 Å². The average molecular weight is 267 g/mol. The monoisotopic (exact) mass is 267 g/mol. The van der Waals surface area contributed by atoms with Gasteiger partial charge in [0.05, 0.1) is 23.8 Å². The van der Waals surface area contributed by atoms with E-state index >= 15 is 0 Å². The van der Waals surface area contributed by atoms with Crippen molar-refractivity contribution in [1.82, 2.24) is 25.3 Å². The lowest BCUT2D eigenvalue weighted by molar-refractivity contribution is 0.728. The summed E-state index contributed by atoms with van der Waals surface area (Å²) in [5.41, 5.74) is 4.26. The number of rotatable bonds is 5. The lowest BCUT2D eigenvalue weighted by Gasteiger charge is -2.01. The molecular weight excluding hydrogens is 250 g/mol. The van der Waals surface area contributed by atoms with Crippen LogP contribution >= 0.6 is 0 Å². The SMILES string of the molecule is CCNCc1cn[nH]c1-c1cnn(-c2ccccc2)c1. The highest BCUT2D eigenvalue weighted by molar-refractivity contribution is 5.61. The summed E-state index contributed by atoms with van der Waals surface area (Å²) in [5.74, 6) is 0. The van der Waals surface area contributed by atoms with Crippen molar-refractivity contribution in [2.45, 2.75) is 13.5 Å². The highest BCUT2D eigenvalue weighted by atomic mass is 15.3. The van der Waals surface area contributed by atoms with Crippen molar-refractivity contribution in [3.8, 4) is 16.9 Å². The fourth-order valence-corrected chi connectivity index (χ4v) is 2.13. The third-order valence-electron chi connectivity index (χ3n) is 3.18. The predicted molar refractivity (Wildman–Crippen MR) is 78.5 cm³/mol. The Hall–Kier alpha value is -2.40. The van der Waals surface area contributed by atoms with Gasteiger partial charge in [-0.25, -0.2) is 4.68 Å². The number of H-pyrrole nitrogens is 1. The molecule has 0 aliphatic carbocycles. The summed E-state index contributed by atoms with van der Waals surface area (Å²) in [6.07, 6.45) is 5.73. The molecule has 0 spiro atoms. The van der Waals surface area contributed by atoms with E-state index in [1.54, 1.807) is 0 Å². The number of nitrogens with zero attached hydrogens (tertiary/aromatic N) is 3. The number of aromatic nitrogens is 4. The maximum Gasteiger partial charge on any atom is 0.0726 e. The van der Waals surface area contributed by atoms with E-state index in [1.807, 2.05) is 53.6 Å². The van der Waals surface area contributed by atoms with Gasteiger partial charge in [-0.3, -0.25) is 5.10 Å². The number of benzene rings is 1. The van der Waals surface area contributed by atoms with E-state index in [1.165, 1.54) is 0 Å². The molecule has 0 radical (unpaired) electrons. The molecular formula is C15H17N5. The largest absolute Gasteiger partial charge is 0.313 e. The van der Waals surface area contributed by atoms with Crippen molar-refractivity contribution in [3.63, 3.8) is 0 Å². The predicted octanol–water partition coefficient (Wildman–Crippen LogP) is 2.37. The summed E-state index contributed by atoms with van der Waals surface area (Å²) in [5, 5.41) is 14.9. The van der Waals surface area contributed by atoms with Gasteiger partial charge < -0.3 is 5.32 Å². The number of hydrogen-bond acceptors (Lipinski definition) is 3. The Morgan fingerprint density at radius 2 is 2.05 bits per heavy atom. The van der Waals surface area contributed by atoms with Crippen LogP contribution < -0.4 is 5.32 Å². The summed E-state index contributed by atoms with van der Waals surface area (Å²) >= 11 is 0. The smallest absolute Gasteiger partial charge is 0.0726 e. The van der Waals surface area contributed by atoms with E-state index in [9.17, 15) is 0 Å². The zero-order valence-corrected chi connectivity index (χ0v) is 11.4. The fourth-order valence-electron chi connectivity index (χ4n) is 2.13. The van der Waals surface area contributed by atoms with Crippen LogP contribution in [0.5, 0.6) is 0 Å². The van der Waals surface area contributed by atoms with Crippen LogP contribution in [0.3, 0.4) is 0 Å². The van der Waals surface area contributed by atoms with Gasteiger partial charge in [0.25, 0.3) is 0 Å². The first-order chi connectivity index (χ1) is 9.88. The van der Waals surface area contributed by atoms with E-state index in [-0.39, 0.29) is 0 Å². The minimum Gasteiger partial charge on any atom is -0.313 e. The molecule has 3 rings (SSSR count). The van der Waals surface area contributed by atoms with E-state index in [0.29, 0.717) is 0 Å². The van der Waals surface area contributed by atoms with Gasteiger partial charge in [-0.2, -0.15) is 10.2 Å². The van der Waals surface area contributed by atoms with Gasteiger partial charge in [-0.1, -0.05) is 25.1 Å². The molecule has 3 aromatic rings. The molecule has 0 fully saturated rings. The summed E-state index contributed by atoms with van der Waals surface area (Å²) in [4.78, 5) is 0. The third-order valence-corrected chi connectivity index (χ3v) is 3.18. The summed E-state index contributed by atoms with van der Waals surface area (Å²) in [7, 11) is 0. The van der Waals surface area contributed by atoms with Gasteiger partial charge in [0.2, 0.25) is 0 Å². The van der Waals surface area contributed by atoms with Crippen LogP contribution in [0.4, 0.5) is 0 Å². The second-order valence-electron chi connectivity index (χ2n) is 4.56. The fraction of sp³-hybridized carbons (Fsp3) is 0.200. The summed E-state index contributed by atoms with van der Waals surface area (Å²) in [6, 6.07) is 10.1. The molecule has 0 aliphatic rings. The number of nitrogens with one attached hydrogen (secondary N) is 2. The van der Waals surface area contributed by atoms with Crippen molar-refractivity contribution in [2.75, 3.05) is 6.54 Å². The molecule has 2 N–H and O–H groups in total. The number of aromatic amines is 1. The summed E-state index contributed by atoms with van der Waals surface area (Å²) < 4.78 is 1.87. The molecule has 0 saturated heterocycles. The molecule has 5 heteroatoms. The second-order valence-corrected chi connectivity index (χ2v) is 4.56. The molecule has 1 aromatic carbocycles. The van der Waals surface area contributed by atoms with Crippen molar-refractivity contribution in [3.05, 3.63) is 54.5 Å². The second kappa shape index (κ2) is 5.71. The Bertz CT molecular complexity index is 668. The molecule has 2 aromatic heterocycles. The molecule has 0 bridgehead atoms. The molecule has 5 nitrogen and oxygen atoms in total. The Labute approximate surface area is 117 Å². The van der Waals surface area contributed by atoms with Crippen LogP contribution in [-0.4, -0.2) is 26.5 Å². The summed E-state index contributed by atoms with van der Waals surface area (Å²) in [6.45, 7) is 3.83. The first-order valence-corrected chi connectivity index (χ1v) is 6.72. The molecule has 0 atom stereocenters. The van der Waals surface area contributed by atoms with Gasteiger partial charge in [-0.05, 0) is 18.7 Å². The molecule has 2 heterocycles. The first-order valence-electron chi connectivity index (χ1n) is 6.72. The highest BCUT2D eigenvalue weighted by Gasteiger charge is 2.10. The molecule has 20 heavy (non-hydrogen) atoms. The Morgan fingerprint density at radius 1 is 1.20 bits per heavy atom. The molecule has 0 aliphatic heterocycles. The third kappa shape index (κ3) is 2.48. The van der Waals surface area contributed by atoms with Crippen LogP contribution in [0.2, 0.25) is 0 Å². The van der Waals surface area contributed by atoms with E-state index in [0.717, 1.165) is 35.6 Å². The van der Waals surface area contributed by atoms with Crippen LogP contribution in [-0.2, 0) is 6.54 Å². The highest BCUT2D eigenvalue weighted by Crippen LogP contribution is 2.21. The standard InChI is InChI=1S/C15H17N5/c1-2-16-8-12-9-17-19-15(12)13-10-18-20(11-13)14-6-4-3-5-7-14/h3-7,9-11,16H,2,8H2,1H3,(H,17,19). The Morgan fingerprint density at radius 3 is 2.85 bits per heavy atom. The van der Waals surface area contributed by atoms with Crippen molar-refractivity contribution in [2.24, 2.45) is 0 Å². The van der Waals surface area contributed by atoms with Crippen molar-refractivity contribution >= 4 is 0 Å². The van der Waals surface area contributed by atoms with E-state index in [4.69, 9.17) is 0 Å². The molecule has 0 unspecified atom stereocenters. The van der Waals surface area contributed by atoms with Gasteiger partial charge in [0.15, 0.2) is 0 Å². The maximum absolute atomic E-state index is 4.41. The van der Waals surface area contributed by atoms with Crippen molar-refractivity contribution < 1.29 is 0 Å². The van der Waals surface area contributed by atoms with Crippen molar-refractivity contribution in [1.29, 1.82) is 0 Å². The molecule has 0 saturated carbocycles. The Balaban J connectivity index is 1.89. The first kappa shape index (κ1) is 12.6. The number of para-hydroxylation sites is 1. The lowest BCUT2D eigenvalue weighted by atomic mass is 10.1. The van der Waals surface area contributed by atoms with Gasteiger partial charge in [-0.15, -0.1) is 0 Å². The lowest BCUT2D eigenvalue weighted by Crippen LogP contribution is -2.11. The normalized spacial score (nSPS) is 10.8. The minimum absolute atomic E-state index is 0.804. The van der Waals surface area contributed by atoms with Crippen LogP contribution in [0.1, 0.15) is 12.5 Å². The van der Waals surface area contributed by atoms with Gasteiger partial charge in [0.1, 0.15) is 0 Å². The molecule has 102 valence electrons. The van der Waals surface area contributed by atoms with E-state index in [2.05, 4.69) is 27.5 Å². The minimum atomic E-state index is 0.804.